The van der Waals surface area contributed by atoms with E-state index < -0.39 is 53.8 Å². The Morgan fingerprint density at radius 1 is 1.28 bits per heavy atom. The number of rotatable bonds is 4. The van der Waals surface area contributed by atoms with Crippen molar-refractivity contribution in [1.29, 1.82) is 0 Å². The van der Waals surface area contributed by atoms with Crippen molar-refractivity contribution in [2.75, 3.05) is 32.9 Å². The Kier molecular flexibility index (Phi) is 5.02. The van der Waals surface area contributed by atoms with Gasteiger partial charge in [-0.1, -0.05) is 0 Å². The molecule has 2 saturated heterocycles. The summed E-state index contributed by atoms with van der Waals surface area (Å²) in [6, 6.07) is 0. The second-order valence-corrected chi connectivity index (χ2v) is 5.86. The Morgan fingerprint density at radius 3 is 2.56 bits per heavy atom. The molecule has 3 rings (SSSR count). The topological polar surface area (TPSA) is 132 Å². The lowest BCUT2D eigenvalue weighted by Crippen LogP contribution is -2.57. The molecule has 2 fully saturated rings. The van der Waals surface area contributed by atoms with Gasteiger partial charge in [-0.05, 0) is 0 Å². The van der Waals surface area contributed by atoms with Crippen molar-refractivity contribution in [2.24, 2.45) is 0 Å². The zero-order valence-electron chi connectivity index (χ0n) is 13.2. The normalized spacial score (nSPS) is 29.0. The molecule has 0 spiro atoms. The molecule has 2 aliphatic heterocycles. The fourth-order valence-corrected chi connectivity index (χ4v) is 2.75. The van der Waals surface area contributed by atoms with Crippen LogP contribution in [0.5, 0.6) is 0 Å². The van der Waals surface area contributed by atoms with Gasteiger partial charge in [-0.3, -0.25) is 9.36 Å². The zero-order valence-corrected chi connectivity index (χ0v) is 13.2. The van der Waals surface area contributed by atoms with Gasteiger partial charge in [0.25, 0.3) is 5.56 Å². The lowest BCUT2D eigenvalue weighted by atomic mass is 10.4. The molecule has 11 nitrogen and oxygen atoms in total. The van der Waals surface area contributed by atoms with Gasteiger partial charge in [-0.25, -0.2) is 14.6 Å². The number of halogens is 1. The maximum Gasteiger partial charge on any atom is 0.338 e. The van der Waals surface area contributed by atoms with Crippen molar-refractivity contribution < 1.29 is 38.7 Å². The number of hydrogen-bond donors (Lipinski definition) is 3. The number of hydroxylamine groups is 3. The molecular weight excluding hydrogens is 345 g/mol. The molecule has 0 amide bonds. The molecule has 25 heavy (non-hydrogen) atoms. The number of aromatic nitrogens is 2. The van der Waals surface area contributed by atoms with Crippen LogP contribution in [0.1, 0.15) is 6.23 Å². The fraction of sp³-hybridized carbons (Fsp3) is 0.692. The van der Waals surface area contributed by atoms with Gasteiger partial charge in [0.15, 0.2) is 19.2 Å². The van der Waals surface area contributed by atoms with Gasteiger partial charge in [0.2, 0.25) is 12.1 Å². The van der Waals surface area contributed by atoms with Crippen LogP contribution >= 0.6 is 0 Å². The molecule has 0 bridgehead atoms. The Hall–Kier alpha value is -1.67. The second-order valence-electron chi connectivity index (χ2n) is 5.86. The van der Waals surface area contributed by atoms with E-state index in [0.717, 1.165) is 0 Å². The number of hydrogen-bond acceptors (Lipinski definition) is 8. The predicted molar refractivity (Wildman–Crippen MR) is 75.6 cm³/mol. The Labute approximate surface area is 140 Å². The highest BCUT2D eigenvalue weighted by molar-refractivity contribution is 4.92. The van der Waals surface area contributed by atoms with E-state index in [1.807, 2.05) is 0 Å². The number of ether oxygens (including phenoxy) is 3. The first-order valence-electron chi connectivity index (χ1n) is 7.62. The fourth-order valence-electron chi connectivity index (χ4n) is 2.75. The first-order chi connectivity index (χ1) is 11.8. The SMILES string of the molecule is O=c1c(F)cn(C2OC(CO)OC2O)c(=O)n1C[N+]1(O)CCOCC1. The minimum Gasteiger partial charge on any atom is -0.391 e. The third kappa shape index (κ3) is 3.50. The highest BCUT2D eigenvalue weighted by Crippen LogP contribution is 2.24. The van der Waals surface area contributed by atoms with Crippen LogP contribution in [0.3, 0.4) is 0 Å². The highest BCUT2D eigenvalue weighted by atomic mass is 19.1. The lowest BCUT2D eigenvalue weighted by molar-refractivity contribution is -1.12. The third-order valence-corrected chi connectivity index (χ3v) is 4.11. The highest BCUT2D eigenvalue weighted by Gasteiger charge is 2.38. The summed E-state index contributed by atoms with van der Waals surface area (Å²) in [6.07, 6.45) is -3.67. The Balaban J connectivity index is 1.98. The number of quaternary nitrogens is 1. The molecule has 1 aromatic rings. The number of morpholine rings is 1. The molecule has 0 aromatic carbocycles. The first kappa shape index (κ1) is 18.1. The van der Waals surface area contributed by atoms with Crippen LogP contribution in [0, 0.1) is 5.82 Å². The molecule has 3 N–H and O–H groups in total. The van der Waals surface area contributed by atoms with E-state index in [4.69, 9.17) is 19.3 Å². The van der Waals surface area contributed by atoms with E-state index in [-0.39, 0.29) is 26.3 Å². The van der Waals surface area contributed by atoms with Gasteiger partial charge in [0.1, 0.15) is 13.1 Å². The van der Waals surface area contributed by atoms with E-state index in [1.54, 1.807) is 0 Å². The van der Waals surface area contributed by atoms with Gasteiger partial charge >= 0.3 is 5.69 Å². The van der Waals surface area contributed by atoms with Crippen LogP contribution in [0.2, 0.25) is 0 Å². The summed E-state index contributed by atoms with van der Waals surface area (Å²) in [4.78, 5) is 24.6. The maximum atomic E-state index is 14.0. The van der Waals surface area contributed by atoms with Gasteiger partial charge < -0.3 is 24.4 Å². The first-order valence-corrected chi connectivity index (χ1v) is 7.62. The summed E-state index contributed by atoms with van der Waals surface area (Å²) >= 11 is 0. The van der Waals surface area contributed by atoms with E-state index in [2.05, 4.69) is 0 Å². The zero-order chi connectivity index (χ0) is 18.2. The molecule has 3 atom stereocenters. The summed E-state index contributed by atoms with van der Waals surface area (Å²) in [7, 11) is 0. The monoisotopic (exact) mass is 364 g/mol. The summed E-state index contributed by atoms with van der Waals surface area (Å²) in [5.74, 6) is -1.26. The van der Waals surface area contributed by atoms with Crippen molar-refractivity contribution in [3.05, 3.63) is 32.9 Å². The average Bonchev–Trinajstić information content (AvgIpc) is 2.96. The third-order valence-electron chi connectivity index (χ3n) is 4.11. The van der Waals surface area contributed by atoms with Gasteiger partial charge in [-0.2, -0.15) is 9.04 Å². The summed E-state index contributed by atoms with van der Waals surface area (Å²) in [5.41, 5.74) is -2.19. The maximum absolute atomic E-state index is 14.0. The molecular formula is C13H19FN3O8+. The van der Waals surface area contributed by atoms with Crippen molar-refractivity contribution in [2.45, 2.75) is 25.5 Å². The number of aliphatic hydroxyl groups is 2. The smallest absolute Gasteiger partial charge is 0.338 e. The van der Waals surface area contributed by atoms with Crippen molar-refractivity contribution in [1.82, 2.24) is 9.13 Å². The molecule has 140 valence electrons. The second kappa shape index (κ2) is 6.92. The quantitative estimate of drug-likeness (QED) is 0.501. The van der Waals surface area contributed by atoms with Crippen molar-refractivity contribution >= 4 is 0 Å². The Morgan fingerprint density at radius 2 is 1.96 bits per heavy atom. The Bertz CT molecular complexity index is 744. The van der Waals surface area contributed by atoms with E-state index >= 15 is 0 Å². The minimum absolute atomic E-state index is 0.126. The summed E-state index contributed by atoms with van der Waals surface area (Å²) in [6.45, 7) is -0.356. The molecule has 0 saturated carbocycles. The van der Waals surface area contributed by atoms with Crippen LogP contribution < -0.4 is 11.2 Å². The van der Waals surface area contributed by atoms with E-state index in [1.165, 1.54) is 0 Å². The van der Waals surface area contributed by atoms with Crippen molar-refractivity contribution in [3.8, 4) is 0 Å². The van der Waals surface area contributed by atoms with Crippen LogP contribution in [0.4, 0.5) is 4.39 Å². The van der Waals surface area contributed by atoms with Crippen LogP contribution in [0.25, 0.3) is 0 Å². The van der Waals surface area contributed by atoms with Gasteiger partial charge in [0, 0.05) is 0 Å². The molecule has 1 aromatic heterocycles. The van der Waals surface area contributed by atoms with Gasteiger partial charge in [-0.15, -0.1) is 0 Å². The summed E-state index contributed by atoms with van der Waals surface area (Å²) in [5, 5.41) is 29.2. The minimum atomic E-state index is -1.64. The summed E-state index contributed by atoms with van der Waals surface area (Å²) < 4.78 is 29.6. The van der Waals surface area contributed by atoms with E-state index in [0.29, 0.717) is 15.3 Å². The van der Waals surface area contributed by atoms with E-state index in [9.17, 15) is 24.3 Å². The molecule has 3 unspecified atom stereocenters. The predicted octanol–water partition coefficient (Wildman–Crippen LogP) is -2.47. The number of nitrogens with zero attached hydrogens (tertiary/aromatic N) is 3. The largest absolute Gasteiger partial charge is 0.391 e. The molecule has 0 aliphatic carbocycles. The van der Waals surface area contributed by atoms with Crippen LogP contribution in [0.15, 0.2) is 15.8 Å². The average molecular weight is 364 g/mol. The van der Waals surface area contributed by atoms with Gasteiger partial charge in [0.05, 0.1) is 26.0 Å². The standard InChI is InChI=1S/C13H19FN3O8/c14-8-5-15(11-12(20)25-9(6-18)24-11)13(21)16(10(8)19)7-17(22)1-3-23-4-2-17/h5,9,11-12,18,20,22H,1-4,6-7H2/q+1. The van der Waals surface area contributed by atoms with Crippen LogP contribution in [-0.4, -0.2) is 74.7 Å². The molecule has 12 heteroatoms. The lowest BCUT2D eigenvalue weighted by Gasteiger charge is -2.33. The molecule has 0 radical (unpaired) electrons. The molecule has 2 aliphatic rings. The number of aliphatic hydroxyl groups excluding tert-OH is 2. The van der Waals surface area contributed by atoms with Crippen LogP contribution in [-0.2, 0) is 20.9 Å². The molecule has 3 heterocycles. The van der Waals surface area contributed by atoms with Crippen molar-refractivity contribution in [3.63, 3.8) is 0 Å².